The van der Waals surface area contributed by atoms with Crippen molar-refractivity contribution in [2.75, 3.05) is 12.5 Å². The number of aromatic nitrogens is 2. The number of benzene rings is 1. The van der Waals surface area contributed by atoms with Gasteiger partial charge in [0.1, 0.15) is 0 Å². The predicted molar refractivity (Wildman–Crippen MR) is 76.2 cm³/mol. The van der Waals surface area contributed by atoms with Crippen molar-refractivity contribution in [2.24, 2.45) is 5.84 Å². The van der Waals surface area contributed by atoms with Gasteiger partial charge in [0.25, 0.3) is 0 Å². The third-order valence-corrected chi connectivity index (χ3v) is 2.99. The molecule has 0 atom stereocenters. The lowest BCUT2D eigenvalue weighted by atomic mass is 10.1. The molecule has 0 amide bonds. The molecule has 0 saturated heterocycles. The van der Waals surface area contributed by atoms with E-state index in [1.165, 1.54) is 11.1 Å². The fourth-order valence-electron chi connectivity index (χ4n) is 1.92. The van der Waals surface area contributed by atoms with Gasteiger partial charge in [0.15, 0.2) is 5.82 Å². The zero-order chi connectivity index (χ0) is 13.7. The third-order valence-electron chi connectivity index (χ3n) is 2.99. The summed E-state index contributed by atoms with van der Waals surface area (Å²) < 4.78 is 0. The maximum atomic E-state index is 5.26. The van der Waals surface area contributed by atoms with Crippen molar-refractivity contribution < 1.29 is 0 Å². The van der Waals surface area contributed by atoms with Crippen LogP contribution in [0, 0.1) is 6.92 Å². The van der Waals surface area contributed by atoms with Crippen LogP contribution in [-0.4, -0.2) is 21.9 Å². The number of rotatable bonds is 5. The summed E-state index contributed by atoms with van der Waals surface area (Å²) in [4.78, 5) is 10.7. The van der Waals surface area contributed by atoms with E-state index in [1.807, 2.05) is 0 Å². The normalized spacial score (nSPS) is 10.7. The van der Waals surface area contributed by atoms with Gasteiger partial charge in [-0.3, -0.25) is 9.88 Å². The van der Waals surface area contributed by atoms with E-state index in [-0.39, 0.29) is 0 Å². The second-order valence-electron chi connectivity index (χ2n) is 4.64. The van der Waals surface area contributed by atoms with Crippen LogP contribution in [0.4, 0.5) is 5.82 Å². The first-order chi connectivity index (χ1) is 9.19. The highest BCUT2D eigenvalue weighted by atomic mass is 15.3. The molecule has 1 heterocycles. The summed E-state index contributed by atoms with van der Waals surface area (Å²) >= 11 is 0. The van der Waals surface area contributed by atoms with Gasteiger partial charge in [-0.2, -0.15) is 0 Å². The quantitative estimate of drug-likeness (QED) is 0.630. The van der Waals surface area contributed by atoms with E-state index in [0.29, 0.717) is 5.82 Å². The Morgan fingerprint density at radius 1 is 1.16 bits per heavy atom. The summed E-state index contributed by atoms with van der Waals surface area (Å²) in [5.74, 6) is 5.83. The van der Waals surface area contributed by atoms with Gasteiger partial charge in [0, 0.05) is 13.1 Å². The van der Waals surface area contributed by atoms with Crippen molar-refractivity contribution in [1.29, 1.82) is 0 Å². The largest absolute Gasteiger partial charge is 0.307 e. The highest BCUT2D eigenvalue weighted by Gasteiger charge is 2.05. The molecule has 19 heavy (non-hydrogen) atoms. The van der Waals surface area contributed by atoms with Gasteiger partial charge >= 0.3 is 0 Å². The fraction of sp³-hybridized carbons (Fsp3) is 0.286. The van der Waals surface area contributed by atoms with Crippen LogP contribution in [0.5, 0.6) is 0 Å². The van der Waals surface area contributed by atoms with E-state index in [2.05, 4.69) is 58.5 Å². The van der Waals surface area contributed by atoms with Crippen molar-refractivity contribution in [2.45, 2.75) is 20.0 Å². The van der Waals surface area contributed by atoms with Crippen molar-refractivity contribution in [3.05, 3.63) is 53.5 Å². The van der Waals surface area contributed by atoms with Gasteiger partial charge in [-0.1, -0.05) is 24.3 Å². The Morgan fingerprint density at radius 3 is 2.58 bits per heavy atom. The van der Waals surface area contributed by atoms with Crippen molar-refractivity contribution >= 4 is 5.82 Å². The van der Waals surface area contributed by atoms with Crippen molar-refractivity contribution in [3.63, 3.8) is 0 Å². The molecule has 5 heteroatoms. The van der Waals surface area contributed by atoms with Gasteiger partial charge in [-0.25, -0.2) is 10.8 Å². The van der Waals surface area contributed by atoms with Crippen LogP contribution >= 0.6 is 0 Å². The number of hydrazine groups is 1. The van der Waals surface area contributed by atoms with E-state index in [0.717, 1.165) is 18.8 Å². The third kappa shape index (κ3) is 3.74. The average Bonchev–Trinajstić information content (AvgIpc) is 2.42. The van der Waals surface area contributed by atoms with Crippen LogP contribution in [0.15, 0.2) is 36.7 Å². The molecule has 1 aromatic heterocycles. The smallest absolute Gasteiger partial charge is 0.158 e. The van der Waals surface area contributed by atoms with Crippen molar-refractivity contribution in [3.8, 4) is 0 Å². The number of nitrogens with one attached hydrogen (secondary N) is 1. The minimum absolute atomic E-state index is 0.574. The second kappa shape index (κ2) is 6.26. The molecule has 0 fully saturated rings. The lowest BCUT2D eigenvalue weighted by Gasteiger charge is -2.17. The van der Waals surface area contributed by atoms with Crippen LogP contribution in [0.25, 0.3) is 0 Å². The lowest BCUT2D eigenvalue weighted by Crippen LogP contribution is -2.19. The van der Waals surface area contributed by atoms with Crippen LogP contribution in [0.1, 0.15) is 16.8 Å². The molecule has 1 aromatic carbocycles. The van der Waals surface area contributed by atoms with E-state index in [4.69, 9.17) is 5.84 Å². The lowest BCUT2D eigenvalue weighted by molar-refractivity contribution is 0.314. The highest BCUT2D eigenvalue weighted by molar-refractivity contribution is 5.28. The molecule has 5 nitrogen and oxygen atoms in total. The number of nitrogen functional groups attached to an aromatic ring is 1. The first-order valence-corrected chi connectivity index (χ1v) is 6.19. The van der Waals surface area contributed by atoms with Gasteiger partial charge in [0.2, 0.25) is 0 Å². The van der Waals surface area contributed by atoms with E-state index in [9.17, 15) is 0 Å². The number of hydrogen-bond acceptors (Lipinski definition) is 5. The summed E-state index contributed by atoms with van der Waals surface area (Å²) in [5.41, 5.74) is 6.03. The molecule has 0 aliphatic rings. The van der Waals surface area contributed by atoms with Crippen LogP contribution in [0.2, 0.25) is 0 Å². The standard InChI is InChI=1S/C14H19N5/c1-11-5-3-4-6-12(11)9-19(2)10-13-7-17-14(18-15)8-16-13/h3-8H,9-10,15H2,1-2H3,(H,17,18). The van der Waals surface area contributed by atoms with Gasteiger partial charge in [-0.05, 0) is 25.1 Å². The molecule has 0 spiro atoms. The molecular formula is C14H19N5. The Hall–Kier alpha value is -1.98. The summed E-state index contributed by atoms with van der Waals surface area (Å²) in [5, 5.41) is 0. The zero-order valence-electron chi connectivity index (χ0n) is 11.3. The molecule has 0 aliphatic carbocycles. The van der Waals surface area contributed by atoms with Gasteiger partial charge in [-0.15, -0.1) is 0 Å². The first-order valence-electron chi connectivity index (χ1n) is 6.19. The first kappa shape index (κ1) is 13.5. The minimum Gasteiger partial charge on any atom is -0.307 e. The van der Waals surface area contributed by atoms with Gasteiger partial charge in [0.05, 0.1) is 18.1 Å². The van der Waals surface area contributed by atoms with E-state index in [1.54, 1.807) is 12.4 Å². The molecule has 2 rings (SSSR count). The van der Waals surface area contributed by atoms with E-state index >= 15 is 0 Å². The Morgan fingerprint density at radius 2 is 1.95 bits per heavy atom. The molecule has 0 saturated carbocycles. The summed E-state index contributed by atoms with van der Waals surface area (Å²) in [7, 11) is 2.07. The topological polar surface area (TPSA) is 67.1 Å². The summed E-state index contributed by atoms with van der Waals surface area (Å²) in [6.45, 7) is 3.78. The van der Waals surface area contributed by atoms with Crippen LogP contribution < -0.4 is 11.3 Å². The monoisotopic (exact) mass is 257 g/mol. The number of anilines is 1. The Bertz CT molecular complexity index is 524. The fourth-order valence-corrected chi connectivity index (χ4v) is 1.92. The Labute approximate surface area is 113 Å². The van der Waals surface area contributed by atoms with Crippen LogP contribution in [0.3, 0.4) is 0 Å². The Kier molecular flexibility index (Phi) is 4.43. The molecule has 0 unspecified atom stereocenters. The molecule has 100 valence electrons. The molecular weight excluding hydrogens is 238 g/mol. The predicted octanol–water partition coefficient (Wildman–Crippen LogP) is 1.70. The highest BCUT2D eigenvalue weighted by Crippen LogP contribution is 2.11. The maximum absolute atomic E-state index is 5.26. The average molecular weight is 257 g/mol. The number of nitrogens with two attached hydrogens (primary N) is 1. The SMILES string of the molecule is Cc1ccccc1CN(C)Cc1cnc(NN)cn1. The molecule has 2 aromatic rings. The summed E-state index contributed by atoms with van der Waals surface area (Å²) in [6, 6.07) is 8.41. The molecule has 0 radical (unpaired) electrons. The molecule has 3 N–H and O–H groups in total. The molecule has 0 bridgehead atoms. The van der Waals surface area contributed by atoms with Crippen LogP contribution in [-0.2, 0) is 13.1 Å². The number of aryl methyl sites for hydroxylation is 1. The maximum Gasteiger partial charge on any atom is 0.158 e. The van der Waals surface area contributed by atoms with Crippen molar-refractivity contribution in [1.82, 2.24) is 14.9 Å². The second-order valence-corrected chi connectivity index (χ2v) is 4.64. The summed E-state index contributed by atoms with van der Waals surface area (Å²) in [6.07, 6.45) is 3.38. The van der Waals surface area contributed by atoms with E-state index < -0.39 is 0 Å². The Balaban J connectivity index is 1.97. The minimum atomic E-state index is 0.574. The number of hydrogen-bond donors (Lipinski definition) is 2. The molecule has 0 aliphatic heterocycles. The van der Waals surface area contributed by atoms with Gasteiger partial charge < -0.3 is 5.43 Å². The number of nitrogens with zero attached hydrogens (tertiary/aromatic N) is 3. The zero-order valence-corrected chi connectivity index (χ0v) is 11.3.